The molecule has 2 heteroatoms. The van der Waals surface area contributed by atoms with Crippen molar-refractivity contribution in [1.29, 1.82) is 0 Å². The summed E-state index contributed by atoms with van der Waals surface area (Å²) in [6.45, 7) is 2.28. The molecule has 0 amide bonds. The standard InChI is InChI=1S/C25H31BrO/c1-2-3-4-5-19-6-10-21(11-7-19)22-12-14-23(15-13-22)25(27)18-20-8-16-24(26)17-9-20/h8-9,12-17,19,21H,2-7,10-11,18H2,1H3. The van der Waals surface area contributed by atoms with E-state index in [0.717, 1.165) is 21.5 Å². The monoisotopic (exact) mass is 426 g/mol. The van der Waals surface area contributed by atoms with Crippen LogP contribution < -0.4 is 0 Å². The molecule has 0 spiro atoms. The summed E-state index contributed by atoms with van der Waals surface area (Å²) in [6.07, 6.45) is 11.4. The van der Waals surface area contributed by atoms with Crippen LogP contribution in [-0.4, -0.2) is 5.78 Å². The Labute approximate surface area is 172 Å². The van der Waals surface area contributed by atoms with Crippen molar-refractivity contribution < 1.29 is 4.79 Å². The van der Waals surface area contributed by atoms with E-state index in [0.29, 0.717) is 12.3 Å². The first kappa shape index (κ1) is 20.3. The zero-order valence-corrected chi connectivity index (χ0v) is 18.0. The first-order valence-electron chi connectivity index (χ1n) is 10.5. The number of carbonyl (C=O) groups is 1. The van der Waals surface area contributed by atoms with Crippen molar-refractivity contribution in [2.24, 2.45) is 5.92 Å². The van der Waals surface area contributed by atoms with Gasteiger partial charge < -0.3 is 0 Å². The van der Waals surface area contributed by atoms with Gasteiger partial charge in [0.05, 0.1) is 0 Å². The summed E-state index contributed by atoms with van der Waals surface area (Å²) in [7, 11) is 0. The molecule has 0 atom stereocenters. The number of benzene rings is 2. The van der Waals surface area contributed by atoms with Gasteiger partial charge in [-0.1, -0.05) is 84.9 Å². The third-order valence-corrected chi connectivity index (χ3v) is 6.57. The van der Waals surface area contributed by atoms with Gasteiger partial charge in [-0.15, -0.1) is 0 Å². The Kier molecular flexibility index (Phi) is 7.70. The SMILES string of the molecule is CCCCCC1CCC(c2ccc(C(=O)Cc3ccc(Br)cc3)cc2)CC1. The van der Waals surface area contributed by atoms with Crippen molar-refractivity contribution >= 4 is 21.7 Å². The van der Waals surface area contributed by atoms with Gasteiger partial charge in [-0.3, -0.25) is 4.79 Å². The van der Waals surface area contributed by atoms with Gasteiger partial charge >= 0.3 is 0 Å². The average molecular weight is 427 g/mol. The lowest BCUT2D eigenvalue weighted by atomic mass is 9.77. The molecule has 1 aliphatic rings. The normalized spacial score (nSPS) is 19.8. The van der Waals surface area contributed by atoms with Gasteiger partial charge in [0.25, 0.3) is 0 Å². The van der Waals surface area contributed by atoms with Crippen LogP contribution >= 0.6 is 15.9 Å². The molecule has 144 valence electrons. The Bertz CT molecular complexity index is 709. The molecular formula is C25H31BrO. The molecule has 0 aliphatic heterocycles. The van der Waals surface area contributed by atoms with Gasteiger partial charge in [0.2, 0.25) is 0 Å². The van der Waals surface area contributed by atoms with Crippen molar-refractivity contribution in [2.75, 3.05) is 0 Å². The molecule has 0 bridgehead atoms. The highest BCUT2D eigenvalue weighted by molar-refractivity contribution is 9.10. The maximum atomic E-state index is 12.5. The van der Waals surface area contributed by atoms with Crippen LogP contribution in [0.4, 0.5) is 0 Å². The summed E-state index contributed by atoms with van der Waals surface area (Å²) in [5, 5.41) is 0. The summed E-state index contributed by atoms with van der Waals surface area (Å²) < 4.78 is 1.04. The van der Waals surface area contributed by atoms with E-state index in [1.807, 2.05) is 36.4 Å². The predicted octanol–water partition coefficient (Wildman–Crippen LogP) is 7.73. The van der Waals surface area contributed by atoms with E-state index >= 15 is 0 Å². The van der Waals surface area contributed by atoms with Crippen LogP contribution in [0.5, 0.6) is 0 Å². The number of hydrogen-bond acceptors (Lipinski definition) is 1. The Morgan fingerprint density at radius 2 is 1.59 bits per heavy atom. The first-order valence-corrected chi connectivity index (χ1v) is 11.3. The van der Waals surface area contributed by atoms with Crippen LogP contribution in [-0.2, 0) is 6.42 Å². The fourth-order valence-electron chi connectivity index (χ4n) is 4.30. The van der Waals surface area contributed by atoms with E-state index in [-0.39, 0.29) is 5.78 Å². The van der Waals surface area contributed by atoms with Gasteiger partial charge in [0.1, 0.15) is 0 Å². The zero-order valence-electron chi connectivity index (χ0n) is 16.4. The number of Topliss-reactive ketones (excluding diaryl/α,β-unsaturated/α-hetero) is 1. The van der Waals surface area contributed by atoms with E-state index < -0.39 is 0 Å². The number of carbonyl (C=O) groups excluding carboxylic acids is 1. The topological polar surface area (TPSA) is 17.1 Å². The molecule has 2 aromatic rings. The van der Waals surface area contributed by atoms with Gasteiger partial charge in [-0.2, -0.15) is 0 Å². The maximum absolute atomic E-state index is 12.5. The van der Waals surface area contributed by atoms with Gasteiger partial charge in [-0.05, 0) is 60.8 Å². The van der Waals surface area contributed by atoms with Gasteiger partial charge in [-0.25, -0.2) is 0 Å². The van der Waals surface area contributed by atoms with E-state index in [1.54, 1.807) is 0 Å². The smallest absolute Gasteiger partial charge is 0.167 e. The molecule has 1 saturated carbocycles. The summed E-state index contributed by atoms with van der Waals surface area (Å²) in [6, 6.07) is 16.4. The zero-order chi connectivity index (χ0) is 19.1. The molecule has 27 heavy (non-hydrogen) atoms. The van der Waals surface area contributed by atoms with Gasteiger partial charge in [0, 0.05) is 16.5 Å². The lowest BCUT2D eigenvalue weighted by Crippen LogP contribution is -2.13. The number of ketones is 1. The van der Waals surface area contributed by atoms with Crippen LogP contribution in [0.25, 0.3) is 0 Å². The molecule has 1 aliphatic carbocycles. The van der Waals surface area contributed by atoms with E-state index in [9.17, 15) is 4.79 Å². The van der Waals surface area contributed by atoms with Crippen molar-refractivity contribution in [1.82, 2.24) is 0 Å². The highest BCUT2D eigenvalue weighted by Crippen LogP contribution is 2.37. The first-order chi connectivity index (χ1) is 13.2. The van der Waals surface area contributed by atoms with Gasteiger partial charge in [0.15, 0.2) is 5.78 Å². The van der Waals surface area contributed by atoms with Crippen LogP contribution in [0, 0.1) is 5.92 Å². The van der Waals surface area contributed by atoms with E-state index in [2.05, 4.69) is 35.0 Å². The summed E-state index contributed by atoms with van der Waals surface area (Å²) in [5.41, 5.74) is 3.31. The molecule has 0 aromatic heterocycles. The predicted molar refractivity (Wildman–Crippen MR) is 117 cm³/mol. The highest BCUT2D eigenvalue weighted by atomic mass is 79.9. The second-order valence-corrected chi connectivity index (χ2v) is 8.98. The molecule has 1 nitrogen and oxygen atoms in total. The lowest BCUT2D eigenvalue weighted by Gasteiger charge is -2.29. The quantitative estimate of drug-likeness (QED) is 0.311. The molecular weight excluding hydrogens is 396 g/mol. The molecule has 0 radical (unpaired) electrons. The van der Waals surface area contributed by atoms with Crippen LogP contribution in [0.1, 0.15) is 85.7 Å². The number of unbranched alkanes of at least 4 members (excludes halogenated alkanes) is 2. The fourth-order valence-corrected chi connectivity index (χ4v) is 4.56. The third-order valence-electron chi connectivity index (χ3n) is 6.04. The summed E-state index contributed by atoms with van der Waals surface area (Å²) in [5.74, 6) is 1.83. The second kappa shape index (κ2) is 10.2. The van der Waals surface area contributed by atoms with Crippen LogP contribution in [0.2, 0.25) is 0 Å². The Hall–Kier alpha value is -1.41. The average Bonchev–Trinajstić information content (AvgIpc) is 2.70. The van der Waals surface area contributed by atoms with Crippen molar-refractivity contribution in [3.05, 3.63) is 69.7 Å². The van der Waals surface area contributed by atoms with E-state index in [1.165, 1.54) is 56.9 Å². The Balaban J connectivity index is 1.51. The largest absolute Gasteiger partial charge is 0.294 e. The molecule has 0 heterocycles. The molecule has 3 rings (SSSR count). The minimum Gasteiger partial charge on any atom is -0.294 e. The Morgan fingerprint density at radius 1 is 0.926 bits per heavy atom. The third kappa shape index (κ3) is 6.04. The second-order valence-electron chi connectivity index (χ2n) is 8.06. The van der Waals surface area contributed by atoms with E-state index in [4.69, 9.17) is 0 Å². The molecule has 0 saturated heterocycles. The maximum Gasteiger partial charge on any atom is 0.167 e. The summed E-state index contributed by atoms with van der Waals surface area (Å²) in [4.78, 5) is 12.5. The van der Waals surface area contributed by atoms with Crippen molar-refractivity contribution in [2.45, 2.75) is 70.6 Å². The number of hydrogen-bond donors (Lipinski definition) is 0. The molecule has 0 unspecified atom stereocenters. The fraction of sp³-hybridized carbons (Fsp3) is 0.480. The molecule has 0 N–H and O–H groups in total. The summed E-state index contributed by atoms with van der Waals surface area (Å²) >= 11 is 3.44. The number of rotatable bonds is 8. The van der Waals surface area contributed by atoms with Crippen molar-refractivity contribution in [3.63, 3.8) is 0 Å². The van der Waals surface area contributed by atoms with Crippen molar-refractivity contribution in [3.8, 4) is 0 Å². The lowest BCUT2D eigenvalue weighted by molar-refractivity contribution is 0.0993. The minimum absolute atomic E-state index is 0.198. The Morgan fingerprint density at radius 3 is 2.22 bits per heavy atom. The molecule has 1 fully saturated rings. The molecule has 2 aromatic carbocycles. The highest BCUT2D eigenvalue weighted by Gasteiger charge is 2.22. The minimum atomic E-state index is 0.198. The number of halogens is 1. The van der Waals surface area contributed by atoms with Crippen LogP contribution in [0.3, 0.4) is 0 Å². The van der Waals surface area contributed by atoms with Crippen LogP contribution in [0.15, 0.2) is 53.0 Å².